The smallest absolute Gasteiger partial charge is 0.0480 e. The third kappa shape index (κ3) is 2.63. The fourth-order valence-electron chi connectivity index (χ4n) is 5.12. The number of benzene rings is 6. The molecule has 1 nitrogen and oxygen atoms in total. The molecule has 6 aromatic carbocycles. The van der Waals surface area contributed by atoms with E-state index < -0.39 is 0 Å². The Hall–Kier alpha value is -3.84. The third-order valence-electron chi connectivity index (χ3n) is 6.47. The molecule has 0 aliphatic carbocycles. The van der Waals surface area contributed by atoms with Gasteiger partial charge in [0.15, 0.2) is 0 Å². The van der Waals surface area contributed by atoms with Gasteiger partial charge < -0.3 is 5.73 Å². The van der Waals surface area contributed by atoms with Crippen LogP contribution in [0, 0.1) is 13.8 Å². The van der Waals surface area contributed by atoms with Crippen LogP contribution in [0.5, 0.6) is 0 Å². The van der Waals surface area contributed by atoms with Gasteiger partial charge in [-0.25, -0.2) is 0 Å². The van der Waals surface area contributed by atoms with E-state index in [1.54, 1.807) is 0 Å². The summed E-state index contributed by atoms with van der Waals surface area (Å²) >= 11 is 0. The molecule has 0 atom stereocenters. The number of hydrogen-bond acceptors (Lipinski definition) is 1. The number of nitrogens with two attached hydrogens (primary N) is 1. The van der Waals surface area contributed by atoms with Crippen molar-refractivity contribution in [3.8, 4) is 22.3 Å². The van der Waals surface area contributed by atoms with Crippen LogP contribution in [0.3, 0.4) is 0 Å². The largest absolute Gasteiger partial charge is 0.398 e. The molecule has 2 N–H and O–H groups in total. The van der Waals surface area contributed by atoms with Gasteiger partial charge in [0.05, 0.1) is 0 Å². The monoisotopic (exact) mass is 397 g/mol. The van der Waals surface area contributed by atoms with Crippen molar-refractivity contribution in [3.05, 3.63) is 102 Å². The Morgan fingerprint density at radius 3 is 1.68 bits per heavy atom. The van der Waals surface area contributed by atoms with Crippen LogP contribution in [-0.2, 0) is 0 Å². The van der Waals surface area contributed by atoms with E-state index in [9.17, 15) is 0 Å². The normalized spacial score (nSPS) is 11.7. The lowest BCUT2D eigenvalue weighted by molar-refractivity contribution is 1.46. The zero-order valence-electron chi connectivity index (χ0n) is 17.7. The second-order valence-electron chi connectivity index (χ2n) is 8.58. The van der Waals surface area contributed by atoms with Crippen molar-refractivity contribution in [1.29, 1.82) is 0 Å². The minimum absolute atomic E-state index is 0.854. The lowest BCUT2D eigenvalue weighted by Crippen LogP contribution is -1.99. The van der Waals surface area contributed by atoms with Gasteiger partial charge in [-0.2, -0.15) is 0 Å². The van der Waals surface area contributed by atoms with Crippen LogP contribution in [0.1, 0.15) is 11.1 Å². The van der Waals surface area contributed by atoms with Gasteiger partial charge in [0, 0.05) is 22.0 Å². The number of nitrogen functional groups attached to an aromatic ring is 1. The second kappa shape index (κ2) is 6.58. The van der Waals surface area contributed by atoms with E-state index in [4.69, 9.17) is 5.73 Å². The zero-order chi connectivity index (χ0) is 21.1. The molecule has 0 heterocycles. The molecule has 0 bridgehead atoms. The van der Waals surface area contributed by atoms with Crippen molar-refractivity contribution in [1.82, 2.24) is 0 Å². The Balaban J connectivity index is 1.89. The van der Waals surface area contributed by atoms with E-state index in [1.165, 1.54) is 54.7 Å². The maximum absolute atomic E-state index is 6.99. The van der Waals surface area contributed by atoms with E-state index in [0.717, 1.165) is 16.6 Å². The predicted molar refractivity (Wildman–Crippen MR) is 135 cm³/mol. The molecule has 0 amide bonds. The summed E-state index contributed by atoms with van der Waals surface area (Å²) in [6.07, 6.45) is 0. The van der Waals surface area contributed by atoms with Gasteiger partial charge in [-0.3, -0.25) is 0 Å². The summed E-state index contributed by atoms with van der Waals surface area (Å²) in [5.41, 5.74) is 15.0. The molecule has 6 aromatic rings. The van der Waals surface area contributed by atoms with Crippen LogP contribution in [0.2, 0.25) is 0 Å². The van der Waals surface area contributed by atoms with E-state index in [0.29, 0.717) is 0 Å². The van der Waals surface area contributed by atoms with Crippen LogP contribution < -0.4 is 5.73 Å². The molecule has 31 heavy (non-hydrogen) atoms. The quantitative estimate of drug-likeness (QED) is 0.232. The SMILES string of the molecule is Cc1cccc(-c2c(N)c3ccc4cccc5ccc(c2-c2cccc(C)c2)c3c45)c1. The minimum atomic E-state index is 0.854. The van der Waals surface area contributed by atoms with Crippen LogP contribution in [0.15, 0.2) is 91.0 Å². The molecule has 6 rings (SSSR count). The maximum atomic E-state index is 6.99. The van der Waals surface area contributed by atoms with Crippen molar-refractivity contribution >= 4 is 38.0 Å². The first-order valence-corrected chi connectivity index (χ1v) is 10.7. The van der Waals surface area contributed by atoms with Crippen LogP contribution in [-0.4, -0.2) is 0 Å². The molecular formula is C30H23N. The molecule has 0 radical (unpaired) electrons. The fraction of sp³-hybridized carbons (Fsp3) is 0.0667. The first-order chi connectivity index (χ1) is 15.1. The number of anilines is 1. The topological polar surface area (TPSA) is 26.0 Å². The van der Waals surface area contributed by atoms with Gasteiger partial charge in [0.2, 0.25) is 0 Å². The van der Waals surface area contributed by atoms with Crippen LogP contribution in [0.4, 0.5) is 5.69 Å². The van der Waals surface area contributed by atoms with E-state index in [-0.39, 0.29) is 0 Å². The summed E-state index contributed by atoms with van der Waals surface area (Å²) in [6, 6.07) is 32.9. The van der Waals surface area contributed by atoms with E-state index >= 15 is 0 Å². The summed E-state index contributed by atoms with van der Waals surface area (Å²) < 4.78 is 0. The number of hydrogen-bond donors (Lipinski definition) is 1. The molecule has 1 heteroatoms. The molecule has 0 unspecified atom stereocenters. The summed E-state index contributed by atoms with van der Waals surface area (Å²) in [6.45, 7) is 4.28. The average Bonchev–Trinajstić information content (AvgIpc) is 2.78. The third-order valence-corrected chi connectivity index (χ3v) is 6.47. The van der Waals surface area contributed by atoms with Gasteiger partial charge in [-0.05, 0) is 52.1 Å². The van der Waals surface area contributed by atoms with Gasteiger partial charge in [-0.15, -0.1) is 0 Å². The molecule has 0 spiro atoms. The Morgan fingerprint density at radius 2 is 1.06 bits per heavy atom. The fourth-order valence-corrected chi connectivity index (χ4v) is 5.12. The number of aryl methyl sites for hydroxylation is 2. The summed E-state index contributed by atoms with van der Waals surface area (Å²) in [7, 11) is 0. The number of rotatable bonds is 2. The van der Waals surface area contributed by atoms with Crippen molar-refractivity contribution in [2.24, 2.45) is 0 Å². The molecule has 0 aliphatic heterocycles. The molecule has 0 fully saturated rings. The highest BCUT2D eigenvalue weighted by Crippen LogP contribution is 2.48. The van der Waals surface area contributed by atoms with Crippen LogP contribution in [0.25, 0.3) is 54.6 Å². The Kier molecular flexibility index (Phi) is 3.82. The predicted octanol–water partition coefficient (Wildman–Crippen LogP) is 8.12. The van der Waals surface area contributed by atoms with Gasteiger partial charge >= 0.3 is 0 Å². The van der Waals surface area contributed by atoms with Crippen molar-refractivity contribution in [3.63, 3.8) is 0 Å². The minimum Gasteiger partial charge on any atom is -0.398 e. The summed E-state index contributed by atoms with van der Waals surface area (Å²) in [5.74, 6) is 0. The molecule has 0 saturated heterocycles. The highest BCUT2D eigenvalue weighted by atomic mass is 14.6. The molecule has 0 aromatic heterocycles. The summed E-state index contributed by atoms with van der Waals surface area (Å²) in [4.78, 5) is 0. The lowest BCUT2D eigenvalue weighted by atomic mass is 9.83. The standard InChI is InChI=1S/C30H23N/c1-18-6-3-10-22(16-18)27-24-14-12-20-8-5-9-21-13-15-25(29(24)26(20)21)30(31)28(27)23-11-4-7-19(2)17-23/h3-17H,31H2,1-2H3. The second-order valence-corrected chi connectivity index (χ2v) is 8.58. The highest BCUT2D eigenvalue weighted by molar-refractivity contribution is 6.30. The van der Waals surface area contributed by atoms with Crippen molar-refractivity contribution in [2.45, 2.75) is 13.8 Å². The first-order valence-electron chi connectivity index (χ1n) is 10.7. The molecule has 148 valence electrons. The summed E-state index contributed by atoms with van der Waals surface area (Å²) in [5, 5.41) is 7.47. The zero-order valence-corrected chi connectivity index (χ0v) is 17.7. The van der Waals surface area contributed by atoms with E-state index in [2.05, 4.69) is 105 Å². The van der Waals surface area contributed by atoms with Gasteiger partial charge in [0.25, 0.3) is 0 Å². The average molecular weight is 398 g/mol. The molecule has 0 saturated carbocycles. The van der Waals surface area contributed by atoms with Crippen molar-refractivity contribution in [2.75, 3.05) is 5.73 Å². The van der Waals surface area contributed by atoms with Gasteiger partial charge in [0.1, 0.15) is 0 Å². The Bertz CT molecular complexity index is 1590. The highest BCUT2D eigenvalue weighted by Gasteiger charge is 2.21. The van der Waals surface area contributed by atoms with Crippen molar-refractivity contribution < 1.29 is 0 Å². The molecule has 0 aliphatic rings. The van der Waals surface area contributed by atoms with Gasteiger partial charge in [-0.1, -0.05) is 102 Å². The Morgan fingerprint density at radius 1 is 0.516 bits per heavy atom. The lowest BCUT2D eigenvalue weighted by Gasteiger charge is -2.21. The Labute approximate surface area is 182 Å². The maximum Gasteiger partial charge on any atom is 0.0480 e. The van der Waals surface area contributed by atoms with Crippen LogP contribution >= 0.6 is 0 Å². The first kappa shape index (κ1) is 18.0. The van der Waals surface area contributed by atoms with E-state index in [1.807, 2.05) is 0 Å². The molecular weight excluding hydrogens is 374 g/mol.